The summed E-state index contributed by atoms with van der Waals surface area (Å²) in [6, 6.07) is 3.02. The Hall–Kier alpha value is -1.70. The normalized spacial score (nSPS) is 10.0. The zero-order chi connectivity index (χ0) is 10.7. The standard InChI is InChI=1S/C9H8F2N2O/c1-5-3-6(8(10)11)9(14-2)13-7(5)4-12/h3,8H,1-2H3. The molecule has 0 radical (unpaired) electrons. The van der Waals surface area contributed by atoms with E-state index in [1.807, 2.05) is 0 Å². The molecule has 0 amide bonds. The number of methoxy groups -OCH3 is 1. The van der Waals surface area contributed by atoms with Gasteiger partial charge in [0.25, 0.3) is 6.43 Å². The molecule has 0 aliphatic rings. The molecule has 1 heterocycles. The van der Waals surface area contributed by atoms with Crippen molar-refractivity contribution in [2.75, 3.05) is 7.11 Å². The van der Waals surface area contributed by atoms with Crippen molar-refractivity contribution in [3.63, 3.8) is 0 Å². The summed E-state index contributed by atoms with van der Waals surface area (Å²) in [5.74, 6) is -0.192. The summed E-state index contributed by atoms with van der Waals surface area (Å²) in [6.45, 7) is 1.55. The molecule has 1 rings (SSSR count). The molecular weight excluding hydrogens is 190 g/mol. The molecule has 0 unspecified atom stereocenters. The molecule has 0 spiro atoms. The topological polar surface area (TPSA) is 45.9 Å². The van der Waals surface area contributed by atoms with Gasteiger partial charge >= 0.3 is 0 Å². The minimum atomic E-state index is -2.65. The lowest BCUT2D eigenvalue weighted by atomic mass is 10.1. The van der Waals surface area contributed by atoms with Crippen LogP contribution in [0.25, 0.3) is 0 Å². The van der Waals surface area contributed by atoms with Crippen LogP contribution in [0.1, 0.15) is 23.2 Å². The third-order valence-electron chi connectivity index (χ3n) is 1.74. The second kappa shape index (κ2) is 4.01. The lowest BCUT2D eigenvalue weighted by molar-refractivity contribution is 0.146. The quantitative estimate of drug-likeness (QED) is 0.731. The van der Waals surface area contributed by atoms with E-state index in [1.54, 1.807) is 13.0 Å². The summed E-state index contributed by atoms with van der Waals surface area (Å²) >= 11 is 0. The van der Waals surface area contributed by atoms with Crippen LogP contribution in [0.3, 0.4) is 0 Å². The van der Waals surface area contributed by atoms with Crippen molar-refractivity contribution < 1.29 is 13.5 Å². The summed E-state index contributed by atoms with van der Waals surface area (Å²) in [5.41, 5.74) is 0.235. The first-order chi connectivity index (χ1) is 6.60. The molecule has 0 saturated heterocycles. The molecule has 0 saturated carbocycles. The van der Waals surface area contributed by atoms with E-state index in [1.165, 1.54) is 13.2 Å². The maximum atomic E-state index is 12.4. The highest BCUT2D eigenvalue weighted by Gasteiger charge is 2.17. The van der Waals surface area contributed by atoms with Gasteiger partial charge in [-0.1, -0.05) is 0 Å². The highest BCUT2D eigenvalue weighted by Crippen LogP contribution is 2.28. The predicted octanol–water partition coefficient (Wildman–Crippen LogP) is 2.21. The molecule has 1 aromatic rings. The van der Waals surface area contributed by atoms with E-state index in [-0.39, 0.29) is 17.1 Å². The van der Waals surface area contributed by atoms with Gasteiger partial charge in [-0.2, -0.15) is 5.26 Å². The Morgan fingerprint density at radius 1 is 1.57 bits per heavy atom. The van der Waals surface area contributed by atoms with E-state index in [9.17, 15) is 8.78 Å². The SMILES string of the molecule is COc1nc(C#N)c(C)cc1C(F)F. The number of halogens is 2. The smallest absolute Gasteiger partial charge is 0.269 e. The van der Waals surface area contributed by atoms with E-state index in [0.717, 1.165) is 0 Å². The van der Waals surface area contributed by atoms with Gasteiger partial charge in [0.05, 0.1) is 12.7 Å². The number of nitriles is 1. The Balaban J connectivity index is 3.33. The van der Waals surface area contributed by atoms with Crippen molar-refractivity contribution in [2.24, 2.45) is 0 Å². The zero-order valence-electron chi connectivity index (χ0n) is 7.71. The molecule has 74 valence electrons. The molecule has 0 aromatic carbocycles. The first-order valence-corrected chi connectivity index (χ1v) is 3.84. The minimum Gasteiger partial charge on any atom is -0.481 e. The molecule has 0 aliphatic heterocycles. The van der Waals surface area contributed by atoms with Gasteiger partial charge in [-0.25, -0.2) is 13.8 Å². The maximum absolute atomic E-state index is 12.4. The Bertz CT molecular complexity index is 385. The fourth-order valence-electron chi connectivity index (χ4n) is 1.05. The van der Waals surface area contributed by atoms with Crippen LogP contribution in [-0.2, 0) is 0 Å². The van der Waals surface area contributed by atoms with Gasteiger partial charge in [-0.3, -0.25) is 0 Å². The first-order valence-electron chi connectivity index (χ1n) is 3.84. The Kier molecular flexibility index (Phi) is 2.97. The van der Waals surface area contributed by atoms with Crippen LogP contribution in [0.15, 0.2) is 6.07 Å². The molecule has 0 fully saturated rings. The summed E-state index contributed by atoms with van der Waals surface area (Å²) in [7, 11) is 1.24. The van der Waals surface area contributed by atoms with Crippen molar-refractivity contribution in [2.45, 2.75) is 13.3 Å². The largest absolute Gasteiger partial charge is 0.481 e. The van der Waals surface area contributed by atoms with Gasteiger partial charge in [-0.05, 0) is 18.6 Å². The average Bonchev–Trinajstić information content (AvgIpc) is 2.17. The van der Waals surface area contributed by atoms with Crippen LogP contribution in [0.4, 0.5) is 8.78 Å². The van der Waals surface area contributed by atoms with E-state index in [4.69, 9.17) is 5.26 Å². The van der Waals surface area contributed by atoms with Gasteiger partial charge in [0.15, 0.2) is 0 Å². The van der Waals surface area contributed by atoms with Crippen molar-refractivity contribution in [3.05, 3.63) is 22.9 Å². The third kappa shape index (κ3) is 1.79. The molecule has 0 bridgehead atoms. The van der Waals surface area contributed by atoms with Crippen LogP contribution in [0.2, 0.25) is 0 Å². The molecule has 14 heavy (non-hydrogen) atoms. The monoisotopic (exact) mass is 198 g/mol. The second-order valence-corrected chi connectivity index (χ2v) is 2.66. The number of nitrogens with zero attached hydrogens (tertiary/aromatic N) is 2. The Labute approximate surface area is 79.9 Å². The Morgan fingerprint density at radius 3 is 2.64 bits per heavy atom. The maximum Gasteiger partial charge on any atom is 0.269 e. The third-order valence-corrected chi connectivity index (χ3v) is 1.74. The number of ether oxygens (including phenoxy) is 1. The fourth-order valence-corrected chi connectivity index (χ4v) is 1.05. The number of rotatable bonds is 2. The van der Waals surface area contributed by atoms with E-state index < -0.39 is 6.43 Å². The zero-order valence-corrected chi connectivity index (χ0v) is 7.71. The van der Waals surface area contributed by atoms with Crippen molar-refractivity contribution in [1.29, 1.82) is 5.26 Å². The molecule has 1 aromatic heterocycles. The van der Waals surface area contributed by atoms with Crippen LogP contribution < -0.4 is 4.74 Å². The molecule has 0 atom stereocenters. The van der Waals surface area contributed by atoms with Crippen molar-refractivity contribution in [3.8, 4) is 11.9 Å². The molecule has 0 aliphatic carbocycles. The van der Waals surface area contributed by atoms with Gasteiger partial charge in [0.1, 0.15) is 11.8 Å². The summed E-state index contributed by atoms with van der Waals surface area (Å²) in [6.07, 6.45) is -2.65. The molecule has 5 heteroatoms. The van der Waals surface area contributed by atoms with E-state index in [2.05, 4.69) is 9.72 Å². The van der Waals surface area contributed by atoms with Crippen LogP contribution >= 0.6 is 0 Å². The van der Waals surface area contributed by atoms with Gasteiger partial charge in [-0.15, -0.1) is 0 Å². The molecule has 3 nitrogen and oxygen atoms in total. The Morgan fingerprint density at radius 2 is 2.21 bits per heavy atom. The first kappa shape index (κ1) is 10.4. The number of aromatic nitrogens is 1. The van der Waals surface area contributed by atoms with Crippen LogP contribution in [-0.4, -0.2) is 12.1 Å². The van der Waals surface area contributed by atoms with Gasteiger partial charge < -0.3 is 4.74 Å². The van der Waals surface area contributed by atoms with Gasteiger partial charge in [0, 0.05) is 0 Å². The number of alkyl halides is 2. The molecule has 0 N–H and O–H groups in total. The predicted molar refractivity (Wildman–Crippen MR) is 45.2 cm³/mol. The second-order valence-electron chi connectivity index (χ2n) is 2.66. The number of hydrogen-bond acceptors (Lipinski definition) is 3. The van der Waals surface area contributed by atoms with Crippen LogP contribution in [0, 0.1) is 18.3 Å². The van der Waals surface area contributed by atoms with E-state index in [0.29, 0.717) is 5.56 Å². The van der Waals surface area contributed by atoms with E-state index >= 15 is 0 Å². The van der Waals surface area contributed by atoms with Crippen LogP contribution in [0.5, 0.6) is 5.88 Å². The number of pyridine rings is 1. The average molecular weight is 198 g/mol. The number of aryl methyl sites for hydroxylation is 1. The molecular formula is C9H8F2N2O. The summed E-state index contributed by atoms with van der Waals surface area (Å²) < 4.78 is 29.5. The highest BCUT2D eigenvalue weighted by molar-refractivity contribution is 5.39. The minimum absolute atomic E-state index is 0.103. The number of hydrogen-bond donors (Lipinski definition) is 0. The summed E-state index contributed by atoms with van der Waals surface area (Å²) in [5, 5.41) is 8.61. The fraction of sp³-hybridized carbons (Fsp3) is 0.333. The van der Waals surface area contributed by atoms with Gasteiger partial charge in [0.2, 0.25) is 5.88 Å². The lowest BCUT2D eigenvalue weighted by Crippen LogP contribution is -1.99. The summed E-state index contributed by atoms with van der Waals surface area (Å²) in [4.78, 5) is 3.67. The van der Waals surface area contributed by atoms with Crippen molar-refractivity contribution in [1.82, 2.24) is 4.98 Å². The lowest BCUT2D eigenvalue weighted by Gasteiger charge is -2.08. The highest BCUT2D eigenvalue weighted by atomic mass is 19.3. The van der Waals surface area contributed by atoms with Crippen molar-refractivity contribution >= 4 is 0 Å².